The number of nitrogens with two attached hydrogens (primary N) is 1. The summed E-state index contributed by atoms with van der Waals surface area (Å²) < 4.78 is 0. The normalized spacial score (nSPS) is 17.4. The Morgan fingerprint density at radius 2 is 1.90 bits per heavy atom. The zero-order valence-electron chi connectivity index (χ0n) is 11.3. The Morgan fingerprint density at radius 1 is 1.15 bits per heavy atom. The second-order valence-electron chi connectivity index (χ2n) is 5.05. The van der Waals surface area contributed by atoms with Crippen LogP contribution in [0.4, 0.5) is 5.69 Å². The largest absolute Gasteiger partial charge is 0.363 e. The third kappa shape index (κ3) is 2.15. The van der Waals surface area contributed by atoms with E-state index in [2.05, 4.69) is 35.2 Å². The highest BCUT2D eigenvalue weighted by Crippen LogP contribution is 2.33. The van der Waals surface area contributed by atoms with E-state index >= 15 is 0 Å². The van der Waals surface area contributed by atoms with Crippen LogP contribution in [0.1, 0.15) is 22.7 Å². The van der Waals surface area contributed by atoms with Crippen molar-refractivity contribution < 1.29 is 0 Å². The van der Waals surface area contributed by atoms with E-state index in [-0.39, 0.29) is 6.04 Å². The van der Waals surface area contributed by atoms with Crippen molar-refractivity contribution in [1.82, 2.24) is 0 Å². The Morgan fingerprint density at radius 3 is 2.60 bits per heavy atom. The Labute approximate surface area is 119 Å². The van der Waals surface area contributed by atoms with E-state index in [1.54, 1.807) is 0 Å². The summed E-state index contributed by atoms with van der Waals surface area (Å²) in [7, 11) is 0. The first-order valence-corrected chi connectivity index (χ1v) is 6.88. The molecule has 1 aliphatic rings. The summed E-state index contributed by atoms with van der Waals surface area (Å²) in [6.45, 7) is 1.56. The number of rotatable bonds is 2. The number of fused-ring (bicyclic) bond motifs is 1. The minimum absolute atomic E-state index is 0.216. The lowest BCUT2D eigenvalue weighted by Gasteiger charge is -2.38. The smallest absolute Gasteiger partial charge is 0.0991 e. The van der Waals surface area contributed by atoms with E-state index < -0.39 is 0 Å². The third-order valence-corrected chi connectivity index (χ3v) is 3.96. The topological polar surface area (TPSA) is 53.0 Å². The van der Waals surface area contributed by atoms with Crippen molar-refractivity contribution in [3.8, 4) is 6.07 Å². The minimum Gasteiger partial charge on any atom is -0.363 e. The number of benzene rings is 2. The molecule has 20 heavy (non-hydrogen) atoms. The fourth-order valence-electron chi connectivity index (χ4n) is 2.94. The number of nitriles is 1. The van der Waals surface area contributed by atoms with Gasteiger partial charge in [0.25, 0.3) is 0 Å². The molecule has 2 aromatic carbocycles. The quantitative estimate of drug-likeness (QED) is 0.906. The minimum atomic E-state index is 0.216. The van der Waals surface area contributed by atoms with Gasteiger partial charge in [-0.25, -0.2) is 0 Å². The van der Waals surface area contributed by atoms with Gasteiger partial charge >= 0.3 is 0 Å². The molecular weight excluding hydrogens is 246 g/mol. The van der Waals surface area contributed by atoms with Crippen molar-refractivity contribution >= 4 is 5.69 Å². The molecule has 0 radical (unpaired) electrons. The van der Waals surface area contributed by atoms with Gasteiger partial charge in [-0.05, 0) is 41.8 Å². The number of hydrogen-bond acceptors (Lipinski definition) is 3. The summed E-state index contributed by atoms with van der Waals surface area (Å²) in [5.74, 6) is 0. The number of anilines is 1. The lowest BCUT2D eigenvalue weighted by atomic mass is 9.92. The van der Waals surface area contributed by atoms with Gasteiger partial charge in [-0.1, -0.05) is 24.3 Å². The van der Waals surface area contributed by atoms with Crippen LogP contribution in [0.3, 0.4) is 0 Å². The summed E-state index contributed by atoms with van der Waals surface area (Å²) in [4.78, 5) is 2.34. The molecule has 0 bridgehead atoms. The molecule has 0 aliphatic carbocycles. The van der Waals surface area contributed by atoms with Crippen LogP contribution in [0.15, 0.2) is 48.5 Å². The molecule has 0 saturated heterocycles. The highest BCUT2D eigenvalue weighted by Gasteiger charge is 2.25. The van der Waals surface area contributed by atoms with Crippen molar-refractivity contribution in [1.29, 1.82) is 5.26 Å². The summed E-state index contributed by atoms with van der Waals surface area (Å²) in [5, 5.41) is 8.88. The highest BCUT2D eigenvalue weighted by atomic mass is 15.2. The Kier molecular flexibility index (Phi) is 3.41. The Hall–Kier alpha value is -2.31. The lowest BCUT2D eigenvalue weighted by molar-refractivity contribution is 0.590. The molecule has 0 saturated carbocycles. The molecule has 3 rings (SSSR count). The molecule has 0 aromatic heterocycles. The average Bonchev–Trinajstić information content (AvgIpc) is 2.54. The lowest BCUT2D eigenvalue weighted by Crippen LogP contribution is -2.39. The van der Waals surface area contributed by atoms with Gasteiger partial charge in [-0.15, -0.1) is 0 Å². The summed E-state index contributed by atoms with van der Waals surface area (Å²) >= 11 is 0. The predicted molar refractivity (Wildman–Crippen MR) is 80.4 cm³/mol. The monoisotopic (exact) mass is 263 g/mol. The molecule has 1 atom stereocenters. The van der Waals surface area contributed by atoms with Gasteiger partial charge in [0.1, 0.15) is 0 Å². The molecule has 0 spiro atoms. The van der Waals surface area contributed by atoms with Crippen molar-refractivity contribution in [2.24, 2.45) is 5.73 Å². The summed E-state index contributed by atoms with van der Waals surface area (Å²) in [6.07, 6.45) is 1.03. The van der Waals surface area contributed by atoms with Gasteiger partial charge in [0.15, 0.2) is 0 Å². The molecule has 1 aliphatic heterocycles. The van der Waals surface area contributed by atoms with Crippen molar-refractivity contribution in [3.05, 3.63) is 65.2 Å². The van der Waals surface area contributed by atoms with Crippen molar-refractivity contribution in [2.45, 2.75) is 12.5 Å². The second-order valence-corrected chi connectivity index (χ2v) is 5.05. The van der Waals surface area contributed by atoms with Crippen molar-refractivity contribution in [3.63, 3.8) is 0 Å². The molecule has 3 heteroatoms. The first-order valence-electron chi connectivity index (χ1n) is 6.88. The second kappa shape index (κ2) is 5.36. The molecule has 3 nitrogen and oxygen atoms in total. The van der Waals surface area contributed by atoms with Crippen LogP contribution in [0.5, 0.6) is 0 Å². The van der Waals surface area contributed by atoms with Gasteiger partial charge in [0.2, 0.25) is 0 Å². The first kappa shape index (κ1) is 12.7. The maximum absolute atomic E-state index is 8.88. The zero-order chi connectivity index (χ0) is 13.9. The van der Waals surface area contributed by atoms with Crippen LogP contribution in [0, 0.1) is 11.3 Å². The van der Waals surface area contributed by atoms with E-state index in [0.29, 0.717) is 12.1 Å². The van der Waals surface area contributed by atoms with Crippen LogP contribution in [-0.2, 0) is 6.42 Å². The van der Waals surface area contributed by atoms with Crippen LogP contribution in [0.2, 0.25) is 0 Å². The van der Waals surface area contributed by atoms with E-state index in [1.165, 1.54) is 11.1 Å². The van der Waals surface area contributed by atoms with Gasteiger partial charge < -0.3 is 10.6 Å². The molecule has 100 valence electrons. The van der Waals surface area contributed by atoms with E-state index in [1.807, 2.05) is 24.3 Å². The standard InChI is InChI=1S/C17H17N3/c18-11-13-5-7-15(8-6-13)20-10-9-14-3-1-2-4-16(14)17(20)12-19/h1-8,17H,9-10,12,19H2. The molecule has 0 amide bonds. The van der Waals surface area contributed by atoms with Gasteiger partial charge in [0.05, 0.1) is 17.7 Å². The molecule has 0 fully saturated rings. The maximum Gasteiger partial charge on any atom is 0.0991 e. The molecule has 2 N–H and O–H groups in total. The van der Waals surface area contributed by atoms with E-state index in [0.717, 1.165) is 18.7 Å². The first-order chi connectivity index (χ1) is 9.83. The highest BCUT2D eigenvalue weighted by molar-refractivity contribution is 5.54. The maximum atomic E-state index is 8.88. The molecule has 1 heterocycles. The third-order valence-electron chi connectivity index (χ3n) is 3.96. The molecule has 2 aromatic rings. The van der Waals surface area contributed by atoms with E-state index in [4.69, 9.17) is 11.0 Å². The predicted octanol–water partition coefficient (Wildman–Crippen LogP) is 2.62. The van der Waals surface area contributed by atoms with Crippen LogP contribution in [0.25, 0.3) is 0 Å². The van der Waals surface area contributed by atoms with Crippen LogP contribution < -0.4 is 10.6 Å². The van der Waals surface area contributed by atoms with Crippen LogP contribution >= 0.6 is 0 Å². The fraction of sp³-hybridized carbons (Fsp3) is 0.235. The average molecular weight is 263 g/mol. The number of nitrogens with zero attached hydrogens (tertiary/aromatic N) is 2. The van der Waals surface area contributed by atoms with Gasteiger partial charge in [-0.3, -0.25) is 0 Å². The fourth-order valence-corrected chi connectivity index (χ4v) is 2.94. The van der Waals surface area contributed by atoms with Gasteiger partial charge in [0, 0.05) is 18.8 Å². The Balaban J connectivity index is 1.96. The summed E-state index contributed by atoms with van der Waals surface area (Å²) in [6, 6.07) is 18.6. The van der Waals surface area contributed by atoms with E-state index in [9.17, 15) is 0 Å². The summed E-state index contributed by atoms with van der Waals surface area (Å²) in [5.41, 5.74) is 10.6. The zero-order valence-corrected chi connectivity index (χ0v) is 11.3. The molecule has 1 unspecified atom stereocenters. The van der Waals surface area contributed by atoms with Crippen LogP contribution in [-0.4, -0.2) is 13.1 Å². The SMILES string of the molecule is N#Cc1ccc(N2CCc3ccccc3C2CN)cc1. The van der Waals surface area contributed by atoms with Crippen molar-refractivity contribution in [2.75, 3.05) is 18.0 Å². The van der Waals surface area contributed by atoms with Gasteiger partial charge in [-0.2, -0.15) is 5.26 Å². The molecular formula is C17H17N3. The number of hydrogen-bond donors (Lipinski definition) is 1. The Bertz CT molecular complexity index is 640.